The molecule has 1 aliphatic heterocycles. The molecule has 0 aromatic heterocycles. The highest BCUT2D eigenvalue weighted by Gasteiger charge is 2.22. The van der Waals surface area contributed by atoms with Crippen molar-refractivity contribution in [1.29, 1.82) is 0 Å². The maximum Gasteiger partial charge on any atom is 0.0233 e. The van der Waals surface area contributed by atoms with Gasteiger partial charge in [0, 0.05) is 12.6 Å². The van der Waals surface area contributed by atoms with Crippen LogP contribution in [0.3, 0.4) is 0 Å². The van der Waals surface area contributed by atoms with E-state index in [0.717, 1.165) is 18.9 Å². The zero-order chi connectivity index (χ0) is 12.1. The van der Waals surface area contributed by atoms with Gasteiger partial charge in [-0.05, 0) is 43.8 Å². The third-order valence-corrected chi connectivity index (χ3v) is 3.96. The molecular formula is C15H24N2. The number of benzene rings is 1. The lowest BCUT2D eigenvalue weighted by molar-refractivity contribution is 0.161. The van der Waals surface area contributed by atoms with Gasteiger partial charge >= 0.3 is 0 Å². The Labute approximate surface area is 105 Å². The quantitative estimate of drug-likeness (QED) is 0.864. The highest BCUT2D eigenvalue weighted by molar-refractivity contribution is 5.14. The molecule has 0 amide bonds. The molecule has 0 radical (unpaired) electrons. The van der Waals surface area contributed by atoms with Gasteiger partial charge in [0.05, 0.1) is 0 Å². The molecule has 1 heterocycles. The van der Waals surface area contributed by atoms with E-state index < -0.39 is 0 Å². The van der Waals surface area contributed by atoms with Crippen LogP contribution in [0.2, 0.25) is 0 Å². The summed E-state index contributed by atoms with van der Waals surface area (Å²) in [5.41, 5.74) is 7.55. The number of likely N-dealkylation sites (tertiary alicyclic amines) is 1. The lowest BCUT2D eigenvalue weighted by atomic mass is 9.88. The standard InChI is InChI=1S/C15H24N2/c1-2-15(16)14-8-10-17(11-9-14)12-13-6-4-3-5-7-13/h3-7,14-15H,2,8-12,16H2,1H3. The van der Waals surface area contributed by atoms with Crippen molar-refractivity contribution < 1.29 is 0 Å². The Morgan fingerprint density at radius 3 is 2.47 bits per heavy atom. The predicted molar refractivity (Wildman–Crippen MR) is 72.7 cm³/mol. The molecule has 0 aliphatic carbocycles. The Kier molecular flexibility index (Phi) is 4.57. The van der Waals surface area contributed by atoms with Crippen molar-refractivity contribution in [2.24, 2.45) is 11.7 Å². The zero-order valence-electron chi connectivity index (χ0n) is 10.8. The Balaban J connectivity index is 1.80. The van der Waals surface area contributed by atoms with Crippen LogP contribution in [0.25, 0.3) is 0 Å². The first-order chi connectivity index (χ1) is 8.29. The summed E-state index contributed by atoms with van der Waals surface area (Å²) < 4.78 is 0. The molecule has 1 aliphatic rings. The summed E-state index contributed by atoms with van der Waals surface area (Å²) >= 11 is 0. The van der Waals surface area contributed by atoms with E-state index >= 15 is 0 Å². The SMILES string of the molecule is CCC(N)C1CCN(Cc2ccccc2)CC1. The van der Waals surface area contributed by atoms with Gasteiger partial charge in [0.2, 0.25) is 0 Å². The molecule has 1 unspecified atom stereocenters. The molecule has 1 aromatic carbocycles. The Morgan fingerprint density at radius 1 is 1.24 bits per heavy atom. The fourth-order valence-electron chi connectivity index (χ4n) is 2.71. The van der Waals surface area contributed by atoms with Crippen molar-refractivity contribution in [3.8, 4) is 0 Å². The Morgan fingerprint density at radius 2 is 1.88 bits per heavy atom. The molecular weight excluding hydrogens is 208 g/mol. The van der Waals surface area contributed by atoms with Crippen LogP contribution in [0.4, 0.5) is 0 Å². The van der Waals surface area contributed by atoms with E-state index in [9.17, 15) is 0 Å². The number of nitrogens with zero attached hydrogens (tertiary/aromatic N) is 1. The van der Waals surface area contributed by atoms with E-state index in [-0.39, 0.29) is 0 Å². The number of piperidine rings is 1. The van der Waals surface area contributed by atoms with Crippen LogP contribution in [0, 0.1) is 5.92 Å². The summed E-state index contributed by atoms with van der Waals surface area (Å²) in [5, 5.41) is 0. The van der Waals surface area contributed by atoms with Gasteiger partial charge in [-0.1, -0.05) is 37.3 Å². The molecule has 2 rings (SSSR count). The summed E-state index contributed by atoms with van der Waals surface area (Å²) in [6, 6.07) is 11.2. The fraction of sp³-hybridized carbons (Fsp3) is 0.600. The molecule has 2 heteroatoms. The lowest BCUT2D eigenvalue weighted by Gasteiger charge is -2.34. The summed E-state index contributed by atoms with van der Waals surface area (Å²) in [6.07, 6.45) is 3.65. The predicted octanol–water partition coefficient (Wildman–Crippen LogP) is 2.64. The first-order valence-corrected chi connectivity index (χ1v) is 6.81. The van der Waals surface area contributed by atoms with Gasteiger partial charge in [-0.2, -0.15) is 0 Å². The van der Waals surface area contributed by atoms with Crippen molar-refractivity contribution in [2.45, 2.75) is 38.8 Å². The third kappa shape index (κ3) is 3.55. The molecule has 2 N–H and O–H groups in total. The first kappa shape index (κ1) is 12.6. The van der Waals surface area contributed by atoms with Gasteiger partial charge in [0.25, 0.3) is 0 Å². The van der Waals surface area contributed by atoms with Gasteiger partial charge in [0.1, 0.15) is 0 Å². The van der Waals surface area contributed by atoms with Crippen molar-refractivity contribution in [3.05, 3.63) is 35.9 Å². The molecule has 17 heavy (non-hydrogen) atoms. The van der Waals surface area contributed by atoms with Crippen molar-refractivity contribution in [3.63, 3.8) is 0 Å². The molecule has 2 nitrogen and oxygen atoms in total. The molecule has 1 saturated heterocycles. The van der Waals surface area contributed by atoms with E-state index in [1.807, 2.05) is 0 Å². The molecule has 1 aromatic rings. The topological polar surface area (TPSA) is 29.3 Å². The van der Waals surface area contributed by atoms with Crippen LogP contribution in [0.15, 0.2) is 30.3 Å². The number of nitrogens with two attached hydrogens (primary N) is 1. The average molecular weight is 232 g/mol. The molecule has 0 saturated carbocycles. The molecule has 0 spiro atoms. The number of rotatable bonds is 4. The van der Waals surface area contributed by atoms with E-state index in [2.05, 4.69) is 42.2 Å². The van der Waals surface area contributed by atoms with Crippen molar-refractivity contribution >= 4 is 0 Å². The van der Waals surface area contributed by atoms with E-state index in [1.165, 1.54) is 31.5 Å². The van der Waals surface area contributed by atoms with Crippen molar-refractivity contribution in [1.82, 2.24) is 4.90 Å². The smallest absolute Gasteiger partial charge is 0.0233 e. The van der Waals surface area contributed by atoms with Crippen molar-refractivity contribution in [2.75, 3.05) is 13.1 Å². The maximum absolute atomic E-state index is 6.13. The number of hydrogen-bond donors (Lipinski definition) is 1. The summed E-state index contributed by atoms with van der Waals surface area (Å²) in [5.74, 6) is 0.743. The molecule has 1 atom stereocenters. The first-order valence-electron chi connectivity index (χ1n) is 6.81. The maximum atomic E-state index is 6.13. The normalized spacial score (nSPS) is 20.4. The van der Waals surface area contributed by atoms with Crippen LogP contribution < -0.4 is 5.73 Å². The molecule has 0 bridgehead atoms. The van der Waals surface area contributed by atoms with Gasteiger partial charge < -0.3 is 5.73 Å². The van der Waals surface area contributed by atoms with E-state index in [4.69, 9.17) is 5.73 Å². The fourth-order valence-corrected chi connectivity index (χ4v) is 2.71. The summed E-state index contributed by atoms with van der Waals surface area (Å²) in [7, 11) is 0. The Bertz CT molecular complexity index is 315. The minimum Gasteiger partial charge on any atom is -0.327 e. The number of hydrogen-bond acceptors (Lipinski definition) is 2. The minimum atomic E-state index is 0.411. The highest BCUT2D eigenvalue weighted by atomic mass is 15.1. The van der Waals surface area contributed by atoms with Gasteiger partial charge in [-0.15, -0.1) is 0 Å². The zero-order valence-corrected chi connectivity index (χ0v) is 10.8. The van der Waals surface area contributed by atoms with Crippen LogP contribution in [-0.2, 0) is 6.54 Å². The van der Waals surface area contributed by atoms with Gasteiger partial charge in [-0.3, -0.25) is 4.90 Å². The highest BCUT2D eigenvalue weighted by Crippen LogP contribution is 2.22. The van der Waals surface area contributed by atoms with Crippen LogP contribution in [-0.4, -0.2) is 24.0 Å². The Hall–Kier alpha value is -0.860. The van der Waals surface area contributed by atoms with Gasteiger partial charge in [-0.25, -0.2) is 0 Å². The monoisotopic (exact) mass is 232 g/mol. The van der Waals surface area contributed by atoms with Crippen LogP contribution >= 0.6 is 0 Å². The summed E-state index contributed by atoms with van der Waals surface area (Å²) in [4.78, 5) is 2.55. The molecule has 1 fully saturated rings. The molecule has 94 valence electrons. The average Bonchev–Trinajstić information content (AvgIpc) is 2.40. The lowest BCUT2D eigenvalue weighted by Crippen LogP contribution is -2.40. The minimum absolute atomic E-state index is 0.411. The second kappa shape index (κ2) is 6.18. The van der Waals surface area contributed by atoms with E-state index in [0.29, 0.717) is 6.04 Å². The second-order valence-corrected chi connectivity index (χ2v) is 5.17. The van der Waals surface area contributed by atoms with Crippen LogP contribution in [0.1, 0.15) is 31.7 Å². The third-order valence-electron chi connectivity index (χ3n) is 3.96. The second-order valence-electron chi connectivity index (χ2n) is 5.17. The van der Waals surface area contributed by atoms with Crippen LogP contribution in [0.5, 0.6) is 0 Å². The van der Waals surface area contributed by atoms with Gasteiger partial charge in [0.15, 0.2) is 0 Å². The largest absolute Gasteiger partial charge is 0.327 e. The summed E-state index contributed by atoms with van der Waals surface area (Å²) in [6.45, 7) is 5.69. The van der Waals surface area contributed by atoms with E-state index in [1.54, 1.807) is 0 Å².